The number of thiazole rings is 1. The Morgan fingerprint density at radius 1 is 1.12 bits per heavy atom. The highest BCUT2D eigenvalue weighted by molar-refractivity contribution is 7.14. The molecule has 1 aliphatic carbocycles. The van der Waals surface area contributed by atoms with Crippen molar-refractivity contribution in [3.05, 3.63) is 82.9 Å². The number of amides is 1. The van der Waals surface area contributed by atoms with E-state index in [4.69, 9.17) is 4.74 Å². The smallest absolute Gasteiger partial charge is 0.416 e. The van der Waals surface area contributed by atoms with Gasteiger partial charge in [0.1, 0.15) is 12.2 Å². The topological polar surface area (TPSA) is 73.1 Å². The van der Waals surface area contributed by atoms with Crippen molar-refractivity contribution in [2.45, 2.75) is 32.4 Å². The van der Waals surface area contributed by atoms with Gasteiger partial charge >= 0.3 is 6.09 Å². The molecule has 0 N–H and O–H groups in total. The van der Waals surface area contributed by atoms with Crippen LogP contribution in [0, 0.1) is 6.92 Å². The van der Waals surface area contributed by atoms with Gasteiger partial charge in [0.15, 0.2) is 11.2 Å². The van der Waals surface area contributed by atoms with Crippen molar-refractivity contribution in [3.63, 3.8) is 0 Å². The predicted molar refractivity (Wildman–Crippen MR) is 124 cm³/mol. The Bertz CT molecular complexity index is 1220. The van der Waals surface area contributed by atoms with E-state index in [0.29, 0.717) is 5.13 Å². The number of rotatable bonds is 6. The maximum atomic E-state index is 13.0. The maximum Gasteiger partial charge on any atom is 0.416 e. The van der Waals surface area contributed by atoms with Gasteiger partial charge in [-0.15, -0.1) is 11.3 Å². The molecule has 0 spiro atoms. The van der Waals surface area contributed by atoms with Gasteiger partial charge in [-0.05, 0) is 30.9 Å². The number of carbonyl (C=O) groups excluding carboxylic acids is 1. The first-order chi connectivity index (χ1) is 15.6. The van der Waals surface area contributed by atoms with Crippen molar-refractivity contribution in [2.24, 2.45) is 0 Å². The summed E-state index contributed by atoms with van der Waals surface area (Å²) in [5.41, 5.74) is 5.21. The van der Waals surface area contributed by atoms with Gasteiger partial charge in [-0.2, -0.15) is 5.10 Å². The number of aromatic nitrogens is 4. The first-order valence-electron chi connectivity index (χ1n) is 10.5. The molecule has 5 rings (SSSR count). The van der Waals surface area contributed by atoms with Crippen LogP contribution in [0.15, 0.2) is 60.2 Å². The van der Waals surface area contributed by atoms with Crippen LogP contribution in [0.4, 0.5) is 9.93 Å². The van der Waals surface area contributed by atoms with Crippen LogP contribution in [0.2, 0.25) is 0 Å². The third-order valence-electron chi connectivity index (χ3n) is 5.71. The van der Waals surface area contributed by atoms with Crippen molar-refractivity contribution < 1.29 is 9.53 Å². The highest BCUT2D eigenvalue weighted by Gasteiger charge is 2.32. The Kier molecular flexibility index (Phi) is 5.45. The molecule has 1 aliphatic rings. The summed E-state index contributed by atoms with van der Waals surface area (Å²) in [6, 6.07) is 16.1. The second-order valence-corrected chi connectivity index (χ2v) is 8.59. The Morgan fingerprint density at radius 2 is 1.81 bits per heavy atom. The van der Waals surface area contributed by atoms with Crippen LogP contribution in [-0.4, -0.2) is 32.9 Å². The largest absolute Gasteiger partial charge is 0.436 e. The minimum Gasteiger partial charge on any atom is -0.436 e. The third kappa shape index (κ3) is 3.78. The fraction of sp³-hybridized carbons (Fsp3) is 0.250. The average Bonchev–Trinajstić information content (AvgIpc) is 3.53. The molecule has 0 atom stereocenters. The zero-order valence-corrected chi connectivity index (χ0v) is 18.7. The van der Waals surface area contributed by atoms with Gasteiger partial charge in [-0.25, -0.2) is 14.8 Å². The second-order valence-electron chi connectivity index (χ2n) is 7.75. The third-order valence-corrected chi connectivity index (χ3v) is 6.67. The molecule has 2 aromatic heterocycles. The maximum absolute atomic E-state index is 13.0. The molecule has 0 saturated carbocycles. The standard InChI is InChI=1S/C24H23N5O2S/c1-16-25-15-26-29(16)13-7-8-17-14-32-23(27-17)28(2)24(30)31-22-20-11-5-3-9-18(20)19-10-4-6-12-21(19)22/h3-6,9-12,14-15,22H,7-8,13H2,1-2H3. The predicted octanol–water partition coefficient (Wildman–Crippen LogP) is 5.02. The molecule has 2 heterocycles. The van der Waals surface area contributed by atoms with E-state index in [1.54, 1.807) is 13.4 Å². The van der Waals surface area contributed by atoms with Gasteiger partial charge < -0.3 is 4.74 Å². The minimum atomic E-state index is -0.416. The van der Waals surface area contributed by atoms with Gasteiger partial charge in [-0.1, -0.05) is 48.5 Å². The molecule has 0 bridgehead atoms. The monoisotopic (exact) mass is 445 g/mol. The highest BCUT2D eigenvalue weighted by atomic mass is 32.1. The molecule has 0 aliphatic heterocycles. The molecule has 0 fully saturated rings. The fourth-order valence-electron chi connectivity index (χ4n) is 4.01. The normalized spacial score (nSPS) is 12.4. The van der Waals surface area contributed by atoms with Crippen LogP contribution in [0.3, 0.4) is 0 Å². The van der Waals surface area contributed by atoms with Crippen molar-refractivity contribution in [3.8, 4) is 11.1 Å². The fourth-order valence-corrected chi connectivity index (χ4v) is 4.83. The highest BCUT2D eigenvalue weighted by Crippen LogP contribution is 2.45. The first kappa shape index (κ1) is 20.4. The van der Waals surface area contributed by atoms with Gasteiger partial charge in [0.25, 0.3) is 0 Å². The van der Waals surface area contributed by atoms with Crippen molar-refractivity contribution in [2.75, 3.05) is 11.9 Å². The molecule has 0 unspecified atom stereocenters. The summed E-state index contributed by atoms with van der Waals surface area (Å²) in [4.78, 5) is 23.2. The zero-order valence-electron chi connectivity index (χ0n) is 17.9. The van der Waals surface area contributed by atoms with Crippen LogP contribution in [-0.2, 0) is 17.7 Å². The Balaban J connectivity index is 1.25. The van der Waals surface area contributed by atoms with E-state index in [2.05, 4.69) is 27.2 Å². The lowest BCUT2D eigenvalue weighted by Crippen LogP contribution is -2.28. The van der Waals surface area contributed by atoms with Crippen LogP contribution in [0.1, 0.15) is 35.2 Å². The number of hydrogen-bond donors (Lipinski definition) is 0. The molecular weight excluding hydrogens is 422 g/mol. The molecular formula is C24H23N5O2S. The number of benzene rings is 2. The summed E-state index contributed by atoms with van der Waals surface area (Å²) < 4.78 is 7.85. The van der Waals surface area contributed by atoms with Gasteiger partial charge in [0.05, 0.1) is 5.69 Å². The zero-order chi connectivity index (χ0) is 22.1. The molecule has 32 heavy (non-hydrogen) atoms. The van der Waals surface area contributed by atoms with E-state index < -0.39 is 12.2 Å². The summed E-state index contributed by atoms with van der Waals surface area (Å²) in [6.45, 7) is 2.73. The number of nitrogens with zero attached hydrogens (tertiary/aromatic N) is 5. The quantitative estimate of drug-likeness (QED) is 0.417. The number of aryl methyl sites for hydroxylation is 3. The van der Waals surface area contributed by atoms with Crippen LogP contribution < -0.4 is 4.90 Å². The lowest BCUT2D eigenvalue weighted by molar-refractivity contribution is 0.127. The van der Waals surface area contributed by atoms with Crippen molar-refractivity contribution in [1.82, 2.24) is 19.7 Å². The number of carbonyl (C=O) groups is 1. The van der Waals surface area contributed by atoms with Crippen LogP contribution in [0.25, 0.3) is 11.1 Å². The van der Waals surface area contributed by atoms with E-state index >= 15 is 0 Å². The molecule has 162 valence electrons. The van der Waals surface area contributed by atoms with E-state index in [1.807, 2.05) is 53.4 Å². The summed E-state index contributed by atoms with van der Waals surface area (Å²) in [6.07, 6.45) is 2.44. The molecule has 7 nitrogen and oxygen atoms in total. The molecule has 2 aromatic carbocycles. The summed E-state index contributed by atoms with van der Waals surface area (Å²) >= 11 is 1.45. The molecule has 1 amide bonds. The lowest BCUT2D eigenvalue weighted by atomic mass is 10.1. The Morgan fingerprint density at radius 3 is 2.47 bits per heavy atom. The molecule has 8 heteroatoms. The second kappa shape index (κ2) is 8.55. The van der Waals surface area contributed by atoms with Crippen molar-refractivity contribution >= 4 is 22.6 Å². The van der Waals surface area contributed by atoms with Gasteiger partial charge in [0, 0.05) is 30.1 Å². The summed E-state index contributed by atoms with van der Waals surface area (Å²) in [5.74, 6) is 0.904. The number of fused-ring (bicyclic) bond motifs is 3. The molecule has 0 saturated heterocycles. The Labute approximate surface area is 190 Å². The van der Waals surface area contributed by atoms with E-state index in [0.717, 1.165) is 53.2 Å². The summed E-state index contributed by atoms with van der Waals surface area (Å²) in [5, 5.41) is 6.82. The average molecular weight is 446 g/mol. The molecule has 0 radical (unpaired) electrons. The Hall–Kier alpha value is -3.52. The van der Waals surface area contributed by atoms with E-state index in [1.165, 1.54) is 16.2 Å². The number of ether oxygens (including phenoxy) is 1. The minimum absolute atomic E-state index is 0.414. The van der Waals surface area contributed by atoms with Crippen LogP contribution in [0.5, 0.6) is 0 Å². The van der Waals surface area contributed by atoms with E-state index in [9.17, 15) is 4.79 Å². The lowest BCUT2D eigenvalue weighted by Gasteiger charge is -2.19. The van der Waals surface area contributed by atoms with E-state index in [-0.39, 0.29) is 0 Å². The molecule has 4 aromatic rings. The van der Waals surface area contributed by atoms with Gasteiger partial charge in [-0.3, -0.25) is 9.58 Å². The summed E-state index contributed by atoms with van der Waals surface area (Å²) in [7, 11) is 1.70. The number of anilines is 1. The van der Waals surface area contributed by atoms with Crippen molar-refractivity contribution in [1.29, 1.82) is 0 Å². The van der Waals surface area contributed by atoms with Crippen LogP contribution >= 0.6 is 11.3 Å². The van der Waals surface area contributed by atoms with Gasteiger partial charge in [0.2, 0.25) is 0 Å². The SMILES string of the molecule is Cc1ncnn1CCCc1csc(N(C)C(=O)OC2c3ccccc3-c3ccccc32)n1. The first-order valence-corrected chi connectivity index (χ1v) is 11.4. The number of hydrogen-bond acceptors (Lipinski definition) is 6.